The molecule has 3 rings (SSSR count). The minimum Gasteiger partial charge on any atom is -0.397 e. The molecule has 1 amide bonds. The third kappa shape index (κ3) is 1.75. The molecule has 2 unspecified atom stereocenters. The average Bonchev–Trinajstić information content (AvgIpc) is 2.81. The molecular weight excluding hydrogens is 214 g/mol. The van der Waals surface area contributed by atoms with E-state index in [-0.39, 0.29) is 5.91 Å². The molecule has 0 saturated heterocycles. The minimum absolute atomic E-state index is 0.0463. The number of para-hydroxylation sites is 1. The Labute approximate surface area is 99.2 Å². The number of hydrogen-bond acceptors (Lipinski definition) is 2. The van der Waals surface area contributed by atoms with E-state index in [1.807, 2.05) is 24.3 Å². The number of hydrogen-bond donors (Lipinski definition) is 3. The molecule has 1 heterocycles. The summed E-state index contributed by atoms with van der Waals surface area (Å²) in [6.45, 7) is 2.13. The number of benzene rings is 1. The summed E-state index contributed by atoms with van der Waals surface area (Å²) in [5.74, 6) is 0.559. The number of nitrogen functional groups attached to an aromatic ring is 1. The van der Waals surface area contributed by atoms with Gasteiger partial charge in [-0.25, -0.2) is 0 Å². The fraction of sp³-hybridized carbons (Fsp3) is 0.308. The number of H-pyrrole nitrogens is 1. The first-order valence-corrected chi connectivity index (χ1v) is 5.83. The zero-order valence-electron chi connectivity index (χ0n) is 9.66. The molecule has 1 aliphatic carbocycles. The number of carbonyl (C=O) groups excluding carboxylic acids is 1. The lowest BCUT2D eigenvalue weighted by molar-refractivity contribution is 0.0945. The number of fused-ring (bicyclic) bond motifs is 1. The van der Waals surface area contributed by atoms with E-state index in [4.69, 9.17) is 5.73 Å². The second-order valence-electron chi connectivity index (χ2n) is 4.79. The van der Waals surface area contributed by atoms with Crippen LogP contribution in [0, 0.1) is 5.92 Å². The van der Waals surface area contributed by atoms with Crippen LogP contribution < -0.4 is 11.1 Å². The molecule has 2 atom stereocenters. The standard InChI is InChI=1S/C13H15N3O/c1-7-5-10(7)16-13(17)11-6-8-3-2-4-9(14)12(8)15-11/h2-4,6-7,10,15H,5,14H2,1H3,(H,16,17). The quantitative estimate of drug-likeness (QED) is 0.688. The highest BCUT2D eigenvalue weighted by Gasteiger charge is 2.34. The van der Waals surface area contributed by atoms with Gasteiger partial charge in [0.25, 0.3) is 5.91 Å². The Balaban J connectivity index is 1.90. The van der Waals surface area contributed by atoms with Gasteiger partial charge >= 0.3 is 0 Å². The molecule has 88 valence electrons. The smallest absolute Gasteiger partial charge is 0.267 e. The van der Waals surface area contributed by atoms with Gasteiger partial charge in [0.15, 0.2) is 0 Å². The van der Waals surface area contributed by atoms with Gasteiger partial charge in [-0.15, -0.1) is 0 Å². The lowest BCUT2D eigenvalue weighted by Crippen LogP contribution is -2.26. The van der Waals surface area contributed by atoms with Crippen LogP contribution in [0.3, 0.4) is 0 Å². The van der Waals surface area contributed by atoms with E-state index in [1.54, 1.807) is 0 Å². The average molecular weight is 229 g/mol. The van der Waals surface area contributed by atoms with Gasteiger partial charge in [0, 0.05) is 11.4 Å². The van der Waals surface area contributed by atoms with Crippen LogP contribution in [0.1, 0.15) is 23.8 Å². The number of aromatic amines is 1. The number of aromatic nitrogens is 1. The monoisotopic (exact) mass is 229 g/mol. The van der Waals surface area contributed by atoms with Crippen molar-refractivity contribution in [2.45, 2.75) is 19.4 Å². The van der Waals surface area contributed by atoms with Crippen molar-refractivity contribution in [2.24, 2.45) is 5.92 Å². The van der Waals surface area contributed by atoms with Crippen LogP contribution in [-0.2, 0) is 0 Å². The third-order valence-electron chi connectivity index (χ3n) is 3.36. The van der Waals surface area contributed by atoms with Gasteiger partial charge in [-0.1, -0.05) is 19.1 Å². The highest BCUT2D eigenvalue weighted by Crippen LogP contribution is 2.29. The van der Waals surface area contributed by atoms with Crippen molar-refractivity contribution >= 4 is 22.5 Å². The molecule has 4 nitrogen and oxygen atoms in total. The largest absolute Gasteiger partial charge is 0.397 e. The molecular formula is C13H15N3O. The lowest BCUT2D eigenvalue weighted by Gasteiger charge is -2.00. The number of nitrogens with two attached hydrogens (primary N) is 1. The Kier molecular flexibility index (Phi) is 2.11. The molecule has 17 heavy (non-hydrogen) atoms. The Morgan fingerprint density at radius 3 is 2.94 bits per heavy atom. The molecule has 0 bridgehead atoms. The third-order valence-corrected chi connectivity index (χ3v) is 3.36. The predicted molar refractivity (Wildman–Crippen MR) is 67.7 cm³/mol. The minimum atomic E-state index is -0.0463. The van der Waals surface area contributed by atoms with Crippen LogP contribution in [0.5, 0.6) is 0 Å². The topological polar surface area (TPSA) is 70.9 Å². The highest BCUT2D eigenvalue weighted by molar-refractivity contribution is 6.01. The molecule has 1 saturated carbocycles. The van der Waals surface area contributed by atoms with Gasteiger partial charge in [0.1, 0.15) is 5.69 Å². The molecule has 0 radical (unpaired) electrons. The van der Waals surface area contributed by atoms with Gasteiger partial charge < -0.3 is 16.0 Å². The van der Waals surface area contributed by atoms with E-state index in [1.165, 1.54) is 0 Å². The summed E-state index contributed by atoms with van der Waals surface area (Å²) in [5.41, 5.74) is 7.93. The fourth-order valence-corrected chi connectivity index (χ4v) is 2.07. The maximum Gasteiger partial charge on any atom is 0.267 e. The first-order valence-electron chi connectivity index (χ1n) is 5.83. The number of rotatable bonds is 2. The van der Waals surface area contributed by atoms with Gasteiger partial charge in [0.05, 0.1) is 11.2 Å². The number of nitrogens with one attached hydrogen (secondary N) is 2. The van der Waals surface area contributed by atoms with E-state index in [2.05, 4.69) is 17.2 Å². The maximum absolute atomic E-state index is 11.9. The van der Waals surface area contributed by atoms with Crippen LogP contribution in [0.4, 0.5) is 5.69 Å². The normalized spacial score (nSPS) is 22.6. The number of anilines is 1. The zero-order valence-corrected chi connectivity index (χ0v) is 9.66. The summed E-state index contributed by atoms with van der Waals surface area (Å²) in [4.78, 5) is 15.0. The molecule has 1 aromatic carbocycles. The number of amides is 1. The Morgan fingerprint density at radius 1 is 1.53 bits per heavy atom. The summed E-state index contributed by atoms with van der Waals surface area (Å²) in [7, 11) is 0. The Morgan fingerprint density at radius 2 is 2.29 bits per heavy atom. The predicted octanol–water partition coefficient (Wildman–Crippen LogP) is 1.89. The van der Waals surface area contributed by atoms with Gasteiger partial charge in [-0.2, -0.15) is 0 Å². The molecule has 0 aliphatic heterocycles. The van der Waals surface area contributed by atoms with Crippen LogP contribution in [-0.4, -0.2) is 16.9 Å². The van der Waals surface area contributed by atoms with E-state index in [0.717, 1.165) is 17.3 Å². The SMILES string of the molecule is CC1CC1NC(=O)c1cc2cccc(N)c2[nH]1. The Bertz CT molecular complexity index is 587. The molecule has 4 N–H and O–H groups in total. The van der Waals surface area contributed by atoms with Crippen molar-refractivity contribution in [3.63, 3.8) is 0 Å². The van der Waals surface area contributed by atoms with Crippen molar-refractivity contribution < 1.29 is 4.79 Å². The molecule has 1 aromatic heterocycles. The fourth-order valence-electron chi connectivity index (χ4n) is 2.07. The second-order valence-corrected chi connectivity index (χ2v) is 4.79. The lowest BCUT2D eigenvalue weighted by atomic mass is 10.2. The van der Waals surface area contributed by atoms with E-state index < -0.39 is 0 Å². The summed E-state index contributed by atoms with van der Waals surface area (Å²) >= 11 is 0. The van der Waals surface area contributed by atoms with Crippen LogP contribution in [0.15, 0.2) is 24.3 Å². The van der Waals surface area contributed by atoms with Crippen molar-refractivity contribution in [3.8, 4) is 0 Å². The Hall–Kier alpha value is -1.97. The van der Waals surface area contributed by atoms with Crippen LogP contribution >= 0.6 is 0 Å². The summed E-state index contributed by atoms with van der Waals surface area (Å²) in [6.07, 6.45) is 1.08. The summed E-state index contributed by atoms with van der Waals surface area (Å²) < 4.78 is 0. The zero-order chi connectivity index (χ0) is 12.0. The first kappa shape index (κ1) is 10.2. The summed E-state index contributed by atoms with van der Waals surface area (Å²) in [5, 5.41) is 3.96. The number of carbonyl (C=O) groups is 1. The van der Waals surface area contributed by atoms with Crippen molar-refractivity contribution in [1.29, 1.82) is 0 Å². The van der Waals surface area contributed by atoms with Gasteiger partial charge in [-0.3, -0.25) is 4.79 Å². The summed E-state index contributed by atoms with van der Waals surface area (Å²) in [6, 6.07) is 7.83. The van der Waals surface area contributed by atoms with Crippen molar-refractivity contribution in [1.82, 2.24) is 10.3 Å². The van der Waals surface area contributed by atoms with E-state index in [0.29, 0.717) is 23.3 Å². The molecule has 1 fully saturated rings. The van der Waals surface area contributed by atoms with Crippen LogP contribution in [0.25, 0.3) is 10.9 Å². The van der Waals surface area contributed by atoms with E-state index >= 15 is 0 Å². The molecule has 4 heteroatoms. The van der Waals surface area contributed by atoms with Crippen molar-refractivity contribution in [3.05, 3.63) is 30.0 Å². The van der Waals surface area contributed by atoms with Gasteiger partial charge in [-0.05, 0) is 24.5 Å². The maximum atomic E-state index is 11.9. The molecule has 1 aliphatic rings. The van der Waals surface area contributed by atoms with Gasteiger partial charge in [0.2, 0.25) is 0 Å². The second kappa shape index (κ2) is 3.52. The molecule has 0 spiro atoms. The highest BCUT2D eigenvalue weighted by atomic mass is 16.2. The first-order chi connectivity index (χ1) is 8.15. The van der Waals surface area contributed by atoms with Crippen molar-refractivity contribution in [2.75, 3.05) is 5.73 Å². The van der Waals surface area contributed by atoms with E-state index in [9.17, 15) is 4.79 Å². The van der Waals surface area contributed by atoms with Crippen LogP contribution in [0.2, 0.25) is 0 Å². The molecule has 2 aromatic rings.